The summed E-state index contributed by atoms with van der Waals surface area (Å²) in [5.41, 5.74) is 7.32. The van der Waals surface area contributed by atoms with Gasteiger partial charge in [0.2, 0.25) is 0 Å². The number of benzene rings is 1. The molecule has 18 heavy (non-hydrogen) atoms. The van der Waals surface area contributed by atoms with Crippen LogP contribution in [0.4, 0.5) is 0 Å². The Morgan fingerprint density at radius 3 is 2.94 bits per heavy atom. The van der Waals surface area contributed by atoms with Gasteiger partial charge in [0.15, 0.2) is 0 Å². The highest BCUT2D eigenvalue weighted by Crippen LogP contribution is 2.41. The van der Waals surface area contributed by atoms with Crippen LogP contribution >= 0.6 is 15.9 Å². The molecule has 0 amide bonds. The molecule has 2 rings (SSSR count). The molecule has 0 saturated heterocycles. The SMILES string of the molecule is CCCCCC1(C)C[C@H](N)c2cc(Br)ccc2O1. The van der Waals surface area contributed by atoms with Crippen LogP contribution < -0.4 is 10.5 Å². The van der Waals surface area contributed by atoms with E-state index in [2.05, 4.69) is 35.8 Å². The van der Waals surface area contributed by atoms with Crippen molar-refractivity contribution in [2.75, 3.05) is 0 Å². The maximum absolute atomic E-state index is 6.29. The van der Waals surface area contributed by atoms with Crippen LogP contribution in [0.1, 0.15) is 57.6 Å². The molecule has 1 aliphatic heterocycles. The average molecular weight is 312 g/mol. The minimum absolute atomic E-state index is 0.0814. The van der Waals surface area contributed by atoms with Gasteiger partial charge in [-0.2, -0.15) is 0 Å². The van der Waals surface area contributed by atoms with Crippen LogP contribution in [0, 0.1) is 0 Å². The Balaban J connectivity index is 2.14. The van der Waals surface area contributed by atoms with Gasteiger partial charge in [0.25, 0.3) is 0 Å². The Morgan fingerprint density at radius 2 is 2.22 bits per heavy atom. The van der Waals surface area contributed by atoms with Crippen LogP contribution in [0.15, 0.2) is 22.7 Å². The summed E-state index contributed by atoms with van der Waals surface area (Å²) >= 11 is 3.49. The molecule has 1 aliphatic rings. The lowest BCUT2D eigenvalue weighted by molar-refractivity contribution is 0.0431. The second-order valence-corrected chi connectivity index (χ2v) is 6.42. The van der Waals surface area contributed by atoms with Gasteiger partial charge in [0.1, 0.15) is 11.4 Å². The number of ether oxygens (including phenoxy) is 1. The van der Waals surface area contributed by atoms with Crippen LogP contribution in [0.2, 0.25) is 0 Å². The molecule has 0 saturated carbocycles. The molecular formula is C15H22BrNO. The van der Waals surface area contributed by atoms with E-state index in [0.717, 1.165) is 28.6 Å². The maximum atomic E-state index is 6.29. The Bertz CT molecular complexity index is 421. The van der Waals surface area contributed by atoms with Gasteiger partial charge in [-0.3, -0.25) is 0 Å². The molecule has 1 aromatic carbocycles. The van der Waals surface area contributed by atoms with Crippen molar-refractivity contribution < 1.29 is 4.74 Å². The van der Waals surface area contributed by atoms with E-state index < -0.39 is 0 Å². The molecule has 2 nitrogen and oxygen atoms in total. The highest BCUT2D eigenvalue weighted by Gasteiger charge is 2.35. The number of nitrogens with two attached hydrogens (primary N) is 1. The summed E-state index contributed by atoms with van der Waals surface area (Å²) in [6, 6.07) is 6.20. The zero-order chi connectivity index (χ0) is 13.2. The Morgan fingerprint density at radius 1 is 1.44 bits per heavy atom. The Hall–Kier alpha value is -0.540. The third kappa shape index (κ3) is 3.07. The van der Waals surface area contributed by atoms with E-state index in [1.807, 2.05) is 12.1 Å². The van der Waals surface area contributed by atoms with Crippen molar-refractivity contribution in [3.05, 3.63) is 28.2 Å². The maximum Gasteiger partial charge on any atom is 0.124 e. The molecule has 0 radical (unpaired) electrons. The van der Waals surface area contributed by atoms with E-state index in [-0.39, 0.29) is 11.6 Å². The summed E-state index contributed by atoms with van der Waals surface area (Å²) in [5, 5.41) is 0. The van der Waals surface area contributed by atoms with E-state index in [0.29, 0.717) is 0 Å². The largest absolute Gasteiger partial charge is 0.487 e. The van der Waals surface area contributed by atoms with E-state index in [4.69, 9.17) is 10.5 Å². The lowest BCUT2D eigenvalue weighted by Crippen LogP contribution is -2.40. The van der Waals surface area contributed by atoms with Gasteiger partial charge >= 0.3 is 0 Å². The first-order valence-corrected chi connectivity index (χ1v) is 7.57. The van der Waals surface area contributed by atoms with Gasteiger partial charge in [0.05, 0.1) is 0 Å². The van der Waals surface area contributed by atoms with Gasteiger partial charge in [-0.15, -0.1) is 0 Å². The van der Waals surface area contributed by atoms with Crippen molar-refractivity contribution in [1.29, 1.82) is 0 Å². The van der Waals surface area contributed by atoms with Crippen LogP contribution in [0.25, 0.3) is 0 Å². The normalized spacial score (nSPS) is 26.6. The van der Waals surface area contributed by atoms with Gasteiger partial charge in [-0.1, -0.05) is 35.7 Å². The molecule has 0 fully saturated rings. The van der Waals surface area contributed by atoms with Gasteiger partial charge in [-0.05, 0) is 38.0 Å². The van der Waals surface area contributed by atoms with Crippen LogP contribution in [-0.2, 0) is 0 Å². The van der Waals surface area contributed by atoms with Crippen LogP contribution in [0.3, 0.4) is 0 Å². The standard InChI is InChI=1S/C15H22BrNO/c1-3-4-5-8-15(2)10-13(17)12-9-11(16)6-7-14(12)18-15/h6-7,9,13H,3-5,8,10,17H2,1-2H3/t13-,15?/m0/s1. The number of fused-ring (bicyclic) bond motifs is 1. The highest BCUT2D eigenvalue weighted by molar-refractivity contribution is 9.10. The first kappa shape index (κ1) is 13.9. The van der Waals surface area contributed by atoms with Crippen molar-refractivity contribution in [3.63, 3.8) is 0 Å². The van der Waals surface area contributed by atoms with E-state index in [1.165, 1.54) is 19.3 Å². The summed E-state index contributed by atoms with van der Waals surface area (Å²) in [5.74, 6) is 0.955. The molecule has 3 heteroatoms. The van der Waals surface area contributed by atoms with Crippen molar-refractivity contribution in [3.8, 4) is 5.75 Å². The first-order chi connectivity index (χ1) is 8.54. The smallest absolute Gasteiger partial charge is 0.124 e. The zero-order valence-corrected chi connectivity index (χ0v) is 12.8. The number of hydrogen-bond donors (Lipinski definition) is 1. The number of rotatable bonds is 4. The minimum atomic E-state index is -0.102. The van der Waals surface area contributed by atoms with Gasteiger partial charge in [0, 0.05) is 22.5 Å². The molecule has 0 aromatic heterocycles. The predicted molar refractivity (Wildman–Crippen MR) is 78.9 cm³/mol. The van der Waals surface area contributed by atoms with Gasteiger partial charge < -0.3 is 10.5 Å². The lowest BCUT2D eigenvalue weighted by atomic mass is 9.85. The average Bonchev–Trinajstić information content (AvgIpc) is 2.31. The molecule has 2 atom stereocenters. The monoisotopic (exact) mass is 311 g/mol. The molecule has 1 heterocycles. The second-order valence-electron chi connectivity index (χ2n) is 5.50. The number of halogens is 1. The molecule has 0 spiro atoms. The quantitative estimate of drug-likeness (QED) is 0.827. The molecular weight excluding hydrogens is 290 g/mol. The van der Waals surface area contributed by atoms with Gasteiger partial charge in [-0.25, -0.2) is 0 Å². The fourth-order valence-corrected chi connectivity index (χ4v) is 3.07. The fraction of sp³-hybridized carbons (Fsp3) is 0.600. The summed E-state index contributed by atoms with van der Waals surface area (Å²) < 4.78 is 7.26. The molecule has 0 aliphatic carbocycles. The first-order valence-electron chi connectivity index (χ1n) is 6.78. The van der Waals surface area contributed by atoms with E-state index >= 15 is 0 Å². The summed E-state index contributed by atoms with van der Waals surface area (Å²) in [6.07, 6.45) is 5.71. The molecule has 1 unspecified atom stereocenters. The topological polar surface area (TPSA) is 35.2 Å². The summed E-state index contributed by atoms with van der Waals surface area (Å²) in [4.78, 5) is 0. The van der Waals surface area contributed by atoms with Crippen LogP contribution in [0.5, 0.6) is 5.75 Å². The molecule has 100 valence electrons. The molecule has 0 bridgehead atoms. The van der Waals surface area contributed by atoms with E-state index in [9.17, 15) is 0 Å². The highest BCUT2D eigenvalue weighted by atomic mass is 79.9. The number of unbranched alkanes of at least 4 members (excludes halogenated alkanes) is 2. The minimum Gasteiger partial charge on any atom is -0.487 e. The molecule has 1 aromatic rings. The van der Waals surface area contributed by atoms with Crippen LogP contribution in [-0.4, -0.2) is 5.60 Å². The van der Waals surface area contributed by atoms with E-state index in [1.54, 1.807) is 0 Å². The Labute approximate surface area is 118 Å². The fourth-order valence-electron chi connectivity index (χ4n) is 2.69. The number of hydrogen-bond acceptors (Lipinski definition) is 2. The molecule has 2 N–H and O–H groups in total. The van der Waals surface area contributed by atoms with Crippen molar-refractivity contribution in [1.82, 2.24) is 0 Å². The third-order valence-electron chi connectivity index (χ3n) is 3.69. The lowest BCUT2D eigenvalue weighted by Gasteiger charge is -2.39. The summed E-state index contributed by atoms with van der Waals surface area (Å²) in [6.45, 7) is 4.41. The predicted octanol–water partition coefficient (Wildman–Crippen LogP) is 4.57. The third-order valence-corrected chi connectivity index (χ3v) is 4.18. The van der Waals surface area contributed by atoms with Crippen molar-refractivity contribution in [2.24, 2.45) is 5.73 Å². The second kappa shape index (κ2) is 5.62. The zero-order valence-electron chi connectivity index (χ0n) is 11.2. The Kier molecular flexibility index (Phi) is 4.33. The van der Waals surface area contributed by atoms with Crippen molar-refractivity contribution >= 4 is 15.9 Å². The van der Waals surface area contributed by atoms with Crippen molar-refractivity contribution in [2.45, 2.75) is 57.6 Å². The summed E-state index contributed by atoms with van der Waals surface area (Å²) in [7, 11) is 0.